The van der Waals surface area contributed by atoms with Gasteiger partial charge in [-0.1, -0.05) is 36.4 Å². The van der Waals surface area contributed by atoms with Crippen molar-refractivity contribution in [3.63, 3.8) is 0 Å². The zero-order valence-corrected chi connectivity index (χ0v) is 9.17. The largest absolute Gasteiger partial charge is 0.385 e. The van der Waals surface area contributed by atoms with Gasteiger partial charge in [0.25, 0.3) is 0 Å². The first-order valence-corrected chi connectivity index (χ1v) is 5.58. The van der Waals surface area contributed by atoms with E-state index in [-0.39, 0.29) is 0 Å². The first kappa shape index (κ1) is 10.3. The van der Waals surface area contributed by atoms with E-state index in [4.69, 9.17) is 0 Å². The van der Waals surface area contributed by atoms with Gasteiger partial charge in [0, 0.05) is 22.5 Å². The molecule has 2 aromatic carbocycles. The van der Waals surface area contributed by atoms with E-state index in [1.165, 1.54) is 0 Å². The lowest BCUT2D eigenvalue weighted by molar-refractivity contribution is 0.0188. The SMILES string of the molecule is O[C@@H]1c2ccccc2Nc2ccccc2[C@@H]1O. The van der Waals surface area contributed by atoms with E-state index in [0.717, 1.165) is 22.5 Å². The van der Waals surface area contributed by atoms with E-state index in [0.29, 0.717) is 0 Å². The van der Waals surface area contributed by atoms with Crippen LogP contribution in [0.4, 0.5) is 11.4 Å². The second-order valence-corrected chi connectivity index (χ2v) is 4.19. The van der Waals surface area contributed by atoms with E-state index in [2.05, 4.69) is 5.32 Å². The number of benzene rings is 2. The van der Waals surface area contributed by atoms with Crippen LogP contribution in [0.5, 0.6) is 0 Å². The molecule has 17 heavy (non-hydrogen) atoms. The number of nitrogens with one attached hydrogen (secondary N) is 1. The fraction of sp³-hybridized carbons (Fsp3) is 0.143. The van der Waals surface area contributed by atoms with Crippen LogP contribution in [0.3, 0.4) is 0 Å². The lowest BCUT2D eigenvalue weighted by Gasteiger charge is -2.17. The van der Waals surface area contributed by atoms with Gasteiger partial charge in [0.1, 0.15) is 12.2 Å². The summed E-state index contributed by atoms with van der Waals surface area (Å²) in [6.45, 7) is 0. The minimum Gasteiger partial charge on any atom is -0.385 e. The summed E-state index contributed by atoms with van der Waals surface area (Å²) >= 11 is 0. The van der Waals surface area contributed by atoms with Crippen molar-refractivity contribution >= 4 is 11.4 Å². The predicted octanol–water partition coefficient (Wildman–Crippen LogP) is 2.51. The summed E-state index contributed by atoms with van der Waals surface area (Å²) in [5.74, 6) is 0. The number of hydrogen-bond acceptors (Lipinski definition) is 3. The number of para-hydroxylation sites is 2. The Hall–Kier alpha value is -1.84. The van der Waals surface area contributed by atoms with Crippen molar-refractivity contribution in [2.75, 3.05) is 5.32 Å². The van der Waals surface area contributed by atoms with Crippen LogP contribution < -0.4 is 5.32 Å². The zero-order chi connectivity index (χ0) is 11.8. The highest BCUT2D eigenvalue weighted by Gasteiger charge is 2.27. The molecule has 3 rings (SSSR count). The molecule has 2 atom stereocenters. The molecule has 0 spiro atoms. The first-order valence-electron chi connectivity index (χ1n) is 5.58. The lowest BCUT2D eigenvalue weighted by Crippen LogP contribution is -2.08. The second-order valence-electron chi connectivity index (χ2n) is 4.19. The van der Waals surface area contributed by atoms with Crippen molar-refractivity contribution in [1.82, 2.24) is 0 Å². The molecule has 0 unspecified atom stereocenters. The number of aliphatic hydroxyl groups excluding tert-OH is 2. The van der Waals surface area contributed by atoms with Crippen LogP contribution in [0.1, 0.15) is 23.3 Å². The van der Waals surface area contributed by atoms with Crippen LogP contribution in [0.15, 0.2) is 48.5 Å². The third-order valence-electron chi connectivity index (χ3n) is 3.13. The summed E-state index contributed by atoms with van der Waals surface area (Å²) in [6, 6.07) is 14.9. The Morgan fingerprint density at radius 1 is 0.706 bits per heavy atom. The summed E-state index contributed by atoms with van der Waals surface area (Å²) in [5, 5.41) is 23.6. The molecular formula is C14H13NO2. The van der Waals surface area contributed by atoms with E-state index in [1.807, 2.05) is 48.5 Å². The van der Waals surface area contributed by atoms with Crippen molar-refractivity contribution < 1.29 is 10.2 Å². The second kappa shape index (κ2) is 3.87. The molecular weight excluding hydrogens is 214 g/mol. The van der Waals surface area contributed by atoms with Gasteiger partial charge in [0.2, 0.25) is 0 Å². The molecule has 86 valence electrons. The Morgan fingerprint density at radius 2 is 1.12 bits per heavy atom. The fourth-order valence-corrected chi connectivity index (χ4v) is 2.22. The molecule has 0 aliphatic carbocycles. The van der Waals surface area contributed by atoms with Gasteiger partial charge in [-0.2, -0.15) is 0 Å². The van der Waals surface area contributed by atoms with Gasteiger partial charge in [-0.3, -0.25) is 0 Å². The predicted molar refractivity (Wildman–Crippen MR) is 66.1 cm³/mol. The number of anilines is 2. The van der Waals surface area contributed by atoms with Gasteiger partial charge in [0.05, 0.1) is 0 Å². The highest BCUT2D eigenvalue weighted by Crippen LogP contribution is 2.40. The maximum absolute atomic E-state index is 10.2. The van der Waals surface area contributed by atoms with E-state index in [9.17, 15) is 10.2 Å². The molecule has 1 heterocycles. The average molecular weight is 227 g/mol. The molecule has 0 aromatic heterocycles. The maximum Gasteiger partial charge on any atom is 0.111 e. The van der Waals surface area contributed by atoms with Crippen molar-refractivity contribution in [3.8, 4) is 0 Å². The van der Waals surface area contributed by atoms with E-state index < -0.39 is 12.2 Å². The zero-order valence-electron chi connectivity index (χ0n) is 9.17. The van der Waals surface area contributed by atoms with Crippen molar-refractivity contribution in [2.24, 2.45) is 0 Å². The fourth-order valence-electron chi connectivity index (χ4n) is 2.22. The smallest absolute Gasteiger partial charge is 0.111 e. The molecule has 0 saturated carbocycles. The Balaban J connectivity index is 2.20. The topological polar surface area (TPSA) is 52.5 Å². The van der Waals surface area contributed by atoms with Gasteiger partial charge >= 0.3 is 0 Å². The van der Waals surface area contributed by atoms with Crippen molar-refractivity contribution in [2.45, 2.75) is 12.2 Å². The first-order chi connectivity index (χ1) is 8.27. The van der Waals surface area contributed by atoms with Crippen molar-refractivity contribution in [1.29, 1.82) is 0 Å². The molecule has 0 amide bonds. The number of fused-ring (bicyclic) bond motifs is 2. The summed E-state index contributed by atoms with van der Waals surface area (Å²) in [5.41, 5.74) is 3.11. The Labute approximate surface area is 99.4 Å². The molecule has 1 aliphatic rings. The Bertz CT molecular complexity index is 504. The van der Waals surface area contributed by atoms with Crippen molar-refractivity contribution in [3.05, 3.63) is 59.7 Å². The number of rotatable bonds is 0. The molecule has 0 bridgehead atoms. The third kappa shape index (κ3) is 1.60. The molecule has 0 radical (unpaired) electrons. The summed E-state index contributed by atoms with van der Waals surface area (Å²) in [4.78, 5) is 0. The lowest BCUT2D eigenvalue weighted by atomic mass is 9.99. The molecule has 3 nitrogen and oxygen atoms in total. The quantitative estimate of drug-likeness (QED) is 0.648. The van der Waals surface area contributed by atoms with E-state index >= 15 is 0 Å². The maximum atomic E-state index is 10.2. The Morgan fingerprint density at radius 3 is 1.59 bits per heavy atom. The van der Waals surface area contributed by atoms with Crippen LogP contribution in [0.25, 0.3) is 0 Å². The van der Waals surface area contributed by atoms with Crippen LogP contribution in [0, 0.1) is 0 Å². The summed E-state index contributed by atoms with van der Waals surface area (Å²) in [6.07, 6.45) is -1.80. The summed E-state index contributed by atoms with van der Waals surface area (Å²) in [7, 11) is 0. The van der Waals surface area contributed by atoms with Gasteiger partial charge in [-0.25, -0.2) is 0 Å². The highest BCUT2D eigenvalue weighted by atomic mass is 16.3. The molecule has 2 aromatic rings. The number of hydrogen-bond donors (Lipinski definition) is 3. The Kier molecular flexibility index (Phi) is 2.35. The monoisotopic (exact) mass is 227 g/mol. The molecule has 0 saturated heterocycles. The van der Waals surface area contributed by atoms with Crippen LogP contribution in [0.2, 0.25) is 0 Å². The van der Waals surface area contributed by atoms with Crippen LogP contribution >= 0.6 is 0 Å². The minimum atomic E-state index is -0.901. The van der Waals surface area contributed by atoms with Gasteiger partial charge < -0.3 is 15.5 Å². The molecule has 3 N–H and O–H groups in total. The summed E-state index contributed by atoms with van der Waals surface area (Å²) < 4.78 is 0. The third-order valence-corrected chi connectivity index (χ3v) is 3.13. The average Bonchev–Trinajstić information content (AvgIpc) is 2.48. The standard InChI is InChI=1S/C14H13NO2/c16-13-9-5-1-3-7-11(9)15-12-8-4-2-6-10(12)14(13)17/h1-8,13-17H/t13-,14+. The molecule has 1 aliphatic heterocycles. The molecule has 0 fully saturated rings. The van der Waals surface area contributed by atoms with Gasteiger partial charge in [-0.05, 0) is 12.1 Å². The minimum absolute atomic E-state index is 0.719. The van der Waals surface area contributed by atoms with Gasteiger partial charge in [0.15, 0.2) is 0 Å². The van der Waals surface area contributed by atoms with Gasteiger partial charge in [-0.15, -0.1) is 0 Å². The normalized spacial score (nSPS) is 22.0. The van der Waals surface area contributed by atoms with Crippen LogP contribution in [-0.4, -0.2) is 10.2 Å². The van der Waals surface area contributed by atoms with E-state index in [1.54, 1.807) is 0 Å². The van der Waals surface area contributed by atoms with Crippen LogP contribution in [-0.2, 0) is 0 Å². The molecule has 3 heteroatoms. The highest BCUT2D eigenvalue weighted by molar-refractivity contribution is 5.69. The number of aliphatic hydroxyl groups is 2.